The van der Waals surface area contributed by atoms with E-state index in [1.54, 1.807) is 12.1 Å². The van der Waals surface area contributed by atoms with E-state index in [1.165, 1.54) is 23.3 Å². The molecule has 0 spiro atoms. The molecule has 0 saturated heterocycles. The number of fused-ring (bicyclic) bond motifs is 1. The zero-order valence-electron chi connectivity index (χ0n) is 11.7. The Balaban J connectivity index is 1.66. The van der Waals surface area contributed by atoms with E-state index in [9.17, 15) is 9.18 Å². The number of carbonyl (C=O) groups is 1. The normalized spacial score (nSPS) is 13.6. The summed E-state index contributed by atoms with van der Waals surface area (Å²) in [4.78, 5) is 12.2. The number of halogens is 1. The number of amides is 1. The first kappa shape index (κ1) is 13.8. The van der Waals surface area contributed by atoms with Crippen molar-refractivity contribution >= 4 is 5.91 Å². The van der Waals surface area contributed by atoms with Crippen LogP contribution in [0.15, 0.2) is 42.5 Å². The third-order valence-corrected chi connectivity index (χ3v) is 3.72. The monoisotopic (exact) mass is 284 g/mol. The van der Waals surface area contributed by atoms with E-state index in [1.807, 2.05) is 18.2 Å². The summed E-state index contributed by atoms with van der Waals surface area (Å²) in [5.41, 5.74) is 4.04. The summed E-state index contributed by atoms with van der Waals surface area (Å²) in [5, 5.41) is 6.16. The highest BCUT2D eigenvalue weighted by Gasteiger charge is 2.12. The molecule has 0 fully saturated rings. The van der Waals surface area contributed by atoms with Crippen molar-refractivity contribution in [1.82, 2.24) is 10.6 Å². The minimum absolute atomic E-state index is 0.104. The second-order valence-corrected chi connectivity index (χ2v) is 5.22. The van der Waals surface area contributed by atoms with Gasteiger partial charge in [0, 0.05) is 18.7 Å². The van der Waals surface area contributed by atoms with Crippen LogP contribution in [0, 0.1) is 5.82 Å². The first-order chi connectivity index (χ1) is 10.2. The predicted octanol–water partition coefficient (Wildman–Crippen LogP) is 2.40. The highest BCUT2D eigenvalue weighted by Crippen LogP contribution is 2.16. The van der Waals surface area contributed by atoms with Crippen LogP contribution >= 0.6 is 0 Å². The molecule has 1 amide bonds. The molecule has 0 aliphatic carbocycles. The Hall–Kier alpha value is -2.20. The van der Waals surface area contributed by atoms with Gasteiger partial charge in [0.15, 0.2) is 0 Å². The molecule has 0 saturated carbocycles. The number of carbonyl (C=O) groups excluding carboxylic acids is 1. The van der Waals surface area contributed by atoms with E-state index in [4.69, 9.17) is 0 Å². The Kier molecular flexibility index (Phi) is 3.97. The molecule has 2 N–H and O–H groups in total. The molecule has 2 aromatic rings. The molecule has 0 bridgehead atoms. The van der Waals surface area contributed by atoms with Gasteiger partial charge in [0.25, 0.3) is 5.91 Å². The second kappa shape index (κ2) is 6.06. The first-order valence-electron chi connectivity index (χ1n) is 7.07. The lowest BCUT2D eigenvalue weighted by Gasteiger charge is -2.17. The number of benzene rings is 2. The smallest absolute Gasteiger partial charge is 0.251 e. The molecular weight excluding hydrogens is 267 g/mol. The minimum atomic E-state index is -0.271. The Bertz CT molecular complexity index is 652. The molecule has 3 nitrogen and oxygen atoms in total. The topological polar surface area (TPSA) is 41.1 Å². The van der Waals surface area contributed by atoms with Gasteiger partial charge >= 0.3 is 0 Å². The third-order valence-electron chi connectivity index (χ3n) is 3.72. The SMILES string of the molecule is O=C(NCc1ccc(F)cc1)c1ccc2c(c1)CNCC2. The van der Waals surface area contributed by atoms with E-state index in [0.29, 0.717) is 12.1 Å². The third kappa shape index (κ3) is 3.28. The van der Waals surface area contributed by atoms with Crippen molar-refractivity contribution in [2.45, 2.75) is 19.5 Å². The van der Waals surface area contributed by atoms with Crippen LogP contribution in [0.3, 0.4) is 0 Å². The molecule has 1 aliphatic heterocycles. The molecule has 1 heterocycles. The number of rotatable bonds is 3. The van der Waals surface area contributed by atoms with E-state index in [-0.39, 0.29) is 11.7 Å². The lowest BCUT2D eigenvalue weighted by atomic mass is 9.98. The van der Waals surface area contributed by atoms with E-state index >= 15 is 0 Å². The zero-order chi connectivity index (χ0) is 14.7. The summed E-state index contributed by atoms with van der Waals surface area (Å²) in [5.74, 6) is -0.375. The fourth-order valence-corrected chi connectivity index (χ4v) is 2.51. The molecule has 1 aliphatic rings. The second-order valence-electron chi connectivity index (χ2n) is 5.22. The number of nitrogens with one attached hydrogen (secondary N) is 2. The van der Waals surface area contributed by atoms with Crippen molar-refractivity contribution < 1.29 is 9.18 Å². The highest BCUT2D eigenvalue weighted by molar-refractivity contribution is 5.94. The Morgan fingerprint density at radius 3 is 2.76 bits per heavy atom. The highest BCUT2D eigenvalue weighted by atomic mass is 19.1. The molecule has 0 unspecified atom stereocenters. The van der Waals surface area contributed by atoms with Crippen LogP contribution in [0.4, 0.5) is 4.39 Å². The van der Waals surface area contributed by atoms with Gasteiger partial charge in [0.05, 0.1) is 0 Å². The van der Waals surface area contributed by atoms with Crippen molar-refractivity contribution in [1.29, 1.82) is 0 Å². The Morgan fingerprint density at radius 1 is 1.14 bits per heavy atom. The average Bonchev–Trinajstić information content (AvgIpc) is 2.53. The molecule has 4 heteroatoms. The standard InChI is InChI=1S/C17H17FN2O/c18-16-5-1-12(2-6-16)10-20-17(21)14-4-3-13-7-8-19-11-15(13)9-14/h1-6,9,19H,7-8,10-11H2,(H,20,21). The van der Waals surface area contributed by atoms with Gasteiger partial charge in [0.2, 0.25) is 0 Å². The molecule has 0 radical (unpaired) electrons. The predicted molar refractivity (Wildman–Crippen MR) is 79.4 cm³/mol. The van der Waals surface area contributed by atoms with Gasteiger partial charge in [-0.1, -0.05) is 18.2 Å². The quantitative estimate of drug-likeness (QED) is 0.908. The van der Waals surface area contributed by atoms with Gasteiger partial charge in [0.1, 0.15) is 5.82 Å². The van der Waals surface area contributed by atoms with Gasteiger partial charge in [-0.25, -0.2) is 4.39 Å². The van der Waals surface area contributed by atoms with E-state index in [0.717, 1.165) is 25.1 Å². The maximum absolute atomic E-state index is 12.8. The molecule has 3 rings (SSSR count). The van der Waals surface area contributed by atoms with Crippen LogP contribution in [0.5, 0.6) is 0 Å². The fraction of sp³-hybridized carbons (Fsp3) is 0.235. The van der Waals surface area contributed by atoms with E-state index < -0.39 is 0 Å². The van der Waals surface area contributed by atoms with Gasteiger partial charge in [-0.2, -0.15) is 0 Å². The molecule has 2 aromatic carbocycles. The van der Waals surface area contributed by atoms with Gasteiger partial charge in [-0.15, -0.1) is 0 Å². The van der Waals surface area contributed by atoms with Crippen molar-refractivity contribution in [2.75, 3.05) is 6.54 Å². The van der Waals surface area contributed by atoms with E-state index in [2.05, 4.69) is 10.6 Å². The molecule has 0 aromatic heterocycles. The summed E-state index contributed by atoms with van der Waals surface area (Å²) in [6, 6.07) is 12.0. The van der Waals surface area contributed by atoms with Crippen molar-refractivity contribution in [3.63, 3.8) is 0 Å². The lowest BCUT2D eigenvalue weighted by molar-refractivity contribution is 0.0951. The minimum Gasteiger partial charge on any atom is -0.348 e. The zero-order valence-corrected chi connectivity index (χ0v) is 11.7. The fourth-order valence-electron chi connectivity index (χ4n) is 2.51. The number of hydrogen-bond acceptors (Lipinski definition) is 2. The molecule has 0 atom stereocenters. The van der Waals surface area contributed by atoms with Crippen LogP contribution in [0.25, 0.3) is 0 Å². The molecular formula is C17H17FN2O. The molecule has 108 valence electrons. The van der Waals surface area contributed by atoms with Crippen LogP contribution in [0.1, 0.15) is 27.0 Å². The van der Waals surface area contributed by atoms with Gasteiger partial charge in [-0.3, -0.25) is 4.79 Å². The summed E-state index contributed by atoms with van der Waals surface area (Å²) in [6.07, 6.45) is 1.01. The largest absolute Gasteiger partial charge is 0.348 e. The van der Waals surface area contributed by atoms with Crippen LogP contribution < -0.4 is 10.6 Å². The van der Waals surface area contributed by atoms with Crippen molar-refractivity contribution in [3.8, 4) is 0 Å². The van der Waals surface area contributed by atoms with Crippen LogP contribution in [0.2, 0.25) is 0 Å². The summed E-state index contributed by atoms with van der Waals surface area (Å²) in [7, 11) is 0. The Labute approximate surface area is 123 Å². The summed E-state index contributed by atoms with van der Waals surface area (Å²) >= 11 is 0. The van der Waals surface area contributed by atoms with Crippen LogP contribution in [-0.2, 0) is 19.5 Å². The van der Waals surface area contributed by atoms with Crippen LogP contribution in [-0.4, -0.2) is 12.5 Å². The van der Waals surface area contributed by atoms with Crippen molar-refractivity contribution in [2.24, 2.45) is 0 Å². The number of hydrogen-bond donors (Lipinski definition) is 2. The average molecular weight is 284 g/mol. The van der Waals surface area contributed by atoms with Gasteiger partial charge in [-0.05, 0) is 53.9 Å². The van der Waals surface area contributed by atoms with Crippen molar-refractivity contribution in [3.05, 3.63) is 70.5 Å². The first-order valence-corrected chi connectivity index (χ1v) is 7.07. The Morgan fingerprint density at radius 2 is 1.95 bits per heavy atom. The lowest BCUT2D eigenvalue weighted by Crippen LogP contribution is -2.26. The summed E-state index contributed by atoms with van der Waals surface area (Å²) < 4.78 is 12.8. The maximum atomic E-state index is 12.8. The molecule has 21 heavy (non-hydrogen) atoms. The summed E-state index contributed by atoms with van der Waals surface area (Å²) in [6.45, 7) is 2.20. The van der Waals surface area contributed by atoms with Gasteiger partial charge < -0.3 is 10.6 Å². The maximum Gasteiger partial charge on any atom is 0.251 e.